The number of hydrogen-bond acceptors (Lipinski definition) is 4. The summed E-state index contributed by atoms with van der Waals surface area (Å²) in [5.41, 5.74) is 1.68. The molecule has 6 heteroatoms. The molecular formula is C18H19NO4S. The van der Waals surface area contributed by atoms with Gasteiger partial charge in [-0.05, 0) is 36.8 Å². The molecule has 0 bridgehead atoms. The molecule has 5 nitrogen and oxygen atoms in total. The van der Waals surface area contributed by atoms with Gasteiger partial charge in [0, 0.05) is 5.57 Å². The fourth-order valence-electron chi connectivity index (χ4n) is 2.16. The summed E-state index contributed by atoms with van der Waals surface area (Å²) in [7, 11) is -2.26. The van der Waals surface area contributed by atoms with Crippen LogP contribution in [0.2, 0.25) is 0 Å². The van der Waals surface area contributed by atoms with Crippen molar-refractivity contribution in [1.82, 2.24) is 4.72 Å². The molecule has 0 unspecified atom stereocenters. The van der Waals surface area contributed by atoms with Crippen molar-refractivity contribution in [2.75, 3.05) is 7.11 Å². The molecule has 0 radical (unpaired) electrons. The first-order chi connectivity index (χ1) is 11.4. The summed E-state index contributed by atoms with van der Waals surface area (Å²) in [6.07, 6.45) is 0.548. The summed E-state index contributed by atoms with van der Waals surface area (Å²) in [4.78, 5) is 11.3. The van der Waals surface area contributed by atoms with Crippen molar-refractivity contribution in [3.8, 4) is 5.75 Å². The topological polar surface area (TPSA) is 72.5 Å². The van der Waals surface area contributed by atoms with Gasteiger partial charge in [-0.1, -0.05) is 36.4 Å². The van der Waals surface area contributed by atoms with E-state index in [1.807, 2.05) is 6.92 Å². The van der Waals surface area contributed by atoms with Crippen molar-refractivity contribution in [2.24, 2.45) is 0 Å². The first-order valence-electron chi connectivity index (χ1n) is 7.24. The fraction of sp³-hybridized carbons (Fsp3) is 0.167. The van der Waals surface area contributed by atoms with Crippen molar-refractivity contribution in [3.63, 3.8) is 0 Å². The van der Waals surface area contributed by atoms with E-state index in [1.54, 1.807) is 36.4 Å². The Morgan fingerprint density at radius 3 is 2.21 bits per heavy atom. The van der Waals surface area contributed by atoms with Crippen LogP contribution in [-0.2, 0) is 14.8 Å². The molecule has 0 heterocycles. The van der Waals surface area contributed by atoms with Crippen LogP contribution in [0.1, 0.15) is 17.2 Å². The second-order valence-electron chi connectivity index (χ2n) is 5.33. The van der Waals surface area contributed by atoms with Crippen LogP contribution >= 0.6 is 0 Å². The van der Waals surface area contributed by atoms with E-state index in [4.69, 9.17) is 4.74 Å². The maximum Gasteiger partial charge on any atom is 0.241 e. The minimum Gasteiger partial charge on any atom is -0.497 e. The zero-order valence-electron chi connectivity index (χ0n) is 13.5. The Hall–Kier alpha value is -2.44. The molecule has 24 heavy (non-hydrogen) atoms. The molecular weight excluding hydrogens is 326 g/mol. The van der Waals surface area contributed by atoms with Gasteiger partial charge in [0.1, 0.15) is 12.0 Å². The zero-order chi connectivity index (χ0) is 17.7. The van der Waals surface area contributed by atoms with Gasteiger partial charge in [-0.2, -0.15) is 4.72 Å². The van der Waals surface area contributed by atoms with Crippen molar-refractivity contribution in [3.05, 3.63) is 71.8 Å². The standard InChI is InChI=1S/C18H19NO4S/c1-13-4-10-17(11-5-13)24(21,22)19-18(14(2)12-20)15-6-8-16(23-3)9-7-15/h4-12,18-19H,2H2,1,3H3/t18-/m0/s1. The van der Waals surface area contributed by atoms with E-state index in [0.29, 0.717) is 17.6 Å². The van der Waals surface area contributed by atoms with Crippen LogP contribution in [0.3, 0.4) is 0 Å². The number of sulfonamides is 1. The molecule has 0 spiro atoms. The Labute approximate surface area is 142 Å². The summed E-state index contributed by atoms with van der Waals surface area (Å²) in [6, 6.07) is 12.4. The van der Waals surface area contributed by atoms with Gasteiger partial charge < -0.3 is 4.74 Å². The molecule has 0 saturated carbocycles. The van der Waals surface area contributed by atoms with Gasteiger partial charge in [0.2, 0.25) is 10.0 Å². The average molecular weight is 345 g/mol. The van der Waals surface area contributed by atoms with Gasteiger partial charge in [-0.3, -0.25) is 4.79 Å². The van der Waals surface area contributed by atoms with E-state index in [2.05, 4.69) is 11.3 Å². The molecule has 2 aromatic rings. The van der Waals surface area contributed by atoms with E-state index in [-0.39, 0.29) is 10.5 Å². The minimum absolute atomic E-state index is 0.121. The minimum atomic E-state index is -3.80. The highest BCUT2D eigenvalue weighted by atomic mass is 32.2. The fourth-order valence-corrected chi connectivity index (χ4v) is 3.39. The van der Waals surface area contributed by atoms with Crippen molar-refractivity contribution in [2.45, 2.75) is 17.9 Å². The number of carbonyl (C=O) groups is 1. The van der Waals surface area contributed by atoms with E-state index >= 15 is 0 Å². The summed E-state index contributed by atoms with van der Waals surface area (Å²) in [5.74, 6) is 0.635. The van der Waals surface area contributed by atoms with Crippen molar-refractivity contribution >= 4 is 16.3 Å². The predicted molar refractivity (Wildman–Crippen MR) is 92.4 cm³/mol. The highest BCUT2D eigenvalue weighted by Gasteiger charge is 2.23. The lowest BCUT2D eigenvalue weighted by molar-refractivity contribution is -0.105. The van der Waals surface area contributed by atoms with Crippen molar-refractivity contribution in [1.29, 1.82) is 0 Å². The highest BCUT2D eigenvalue weighted by Crippen LogP contribution is 2.24. The van der Waals surface area contributed by atoms with Gasteiger partial charge in [-0.15, -0.1) is 0 Å². The highest BCUT2D eigenvalue weighted by molar-refractivity contribution is 7.89. The third kappa shape index (κ3) is 4.10. The Kier molecular flexibility index (Phi) is 5.54. The van der Waals surface area contributed by atoms with Crippen LogP contribution in [0.5, 0.6) is 5.75 Å². The molecule has 1 atom stereocenters. The second-order valence-corrected chi connectivity index (χ2v) is 7.05. The van der Waals surface area contributed by atoms with Gasteiger partial charge in [0.05, 0.1) is 18.0 Å². The Balaban J connectivity index is 2.36. The predicted octanol–water partition coefficient (Wildman–Crippen LogP) is 2.78. The Morgan fingerprint density at radius 1 is 1.12 bits per heavy atom. The SMILES string of the molecule is C=C(C=O)[C@H](NS(=O)(=O)c1ccc(C)cc1)c1ccc(OC)cc1. The van der Waals surface area contributed by atoms with E-state index in [9.17, 15) is 13.2 Å². The molecule has 0 aliphatic heterocycles. The number of benzene rings is 2. The lowest BCUT2D eigenvalue weighted by atomic mass is 10.0. The summed E-state index contributed by atoms with van der Waals surface area (Å²) < 4.78 is 32.8. The van der Waals surface area contributed by atoms with Crippen LogP contribution in [0, 0.1) is 6.92 Å². The third-order valence-corrected chi connectivity index (χ3v) is 5.01. The molecule has 126 valence electrons. The largest absolute Gasteiger partial charge is 0.497 e. The van der Waals surface area contributed by atoms with Crippen LogP contribution in [0.25, 0.3) is 0 Å². The number of methoxy groups -OCH3 is 1. The van der Waals surface area contributed by atoms with Crippen molar-refractivity contribution < 1.29 is 17.9 Å². The summed E-state index contributed by atoms with van der Waals surface area (Å²) >= 11 is 0. The first kappa shape index (κ1) is 17.9. The van der Waals surface area contributed by atoms with Gasteiger partial charge in [0.25, 0.3) is 0 Å². The molecule has 0 aliphatic carbocycles. The average Bonchev–Trinajstić information content (AvgIpc) is 2.59. The van der Waals surface area contributed by atoms with Gasteiger partial charge >= 0.3 is 0 Å². The molecule has 0 amide bonds. The number of rotatable bonds is 7. The molecule has 0 saturated heterocycles. The molecule has 2 rings (SSSR count). The first-order valence-corrected chi connectivity index (χ1v) is 8.72. The number of ether oxygens (including phenoxy) is 1. The lowest BCUT2D eigenvalue weighted by Gasteiger charge is -2.19. The number of hydrogen-bond donors (Lipinski definition) is 1. The van der Waals surface area contributed by atoms with Gasteiger partial charge in [-0.25, -0.2) is 8.42 Å². The zero-order valence-corrected chi connectivity index (χ0v) is 14.3. The molecule has 0 aliphatic rings. The monoisotopic (exact) mass is 345 g/mol. The smallest absolute Gasteiger partial charge is 0.241 e. The van der Waals surface area contributed by atoms with Crippen LogP contribution in [0.4, 0.5) is 0 Å². The summed E-state index contributed by atoms with van der Waals surface area (Å²) in [5, 5.41) is 0. The second kappa shape index (κ2) is 7.42. The lowest BCUT2D eigenvalue weighted by Crippen LogP contribution is -2.30. The number of carbonyl (C=O) groups excluding carboxylic acids is 1. The maximum atomic E-state index is 12.6. The third-order valence-electron chi connectivity index (χ3n) is 3.58. The maximum absolute atomic E-state index is 12.6. The molecule has 0 fully saturated rings. The van der Waals surface area contributed by atoms with Crippen LogP contribution in [0.15, 0.2) is 65.6 Å². The number of nitrogens with one attached hydrogen (secondary N) is 1. The van der Waals surface area contributed by atoms with Gasteiger partial charge in [0.15, 0.2) is 0 Å². The normalized spacial score (nSPS) is 12.4. The Bertz CT molecular complexity index is 824. The van der Waals surface area contributed by atoms with Crippen LogP contribution < -0.4 is 9.46 Å². The van der Waals surface area contributed by atoms with E-state index in [0.717, 1.165) is 5.56 Å². The summed E-state index contributed by atoms with van der Waals surface area (Å²) in [6.45, 7) is 5.53. The molecule has 1 N–H and O–H groups in total. The van der Waals surface area contributed by atoms with E-state index in [1.165, 1.54) is 19.2 Å². The molecule has 2 aromatic carbocycles. The number of aryl methyl sites for hydroxylation is 1. The van der Waals surface area contributed by atoms with E-state index < -0.39 is 16.1 Å². The Morgan fingerprint density at radius 2 is 1.71 bits per heavy atom. The quantitative estimate of drug-likeness (QED) is 0.619. The molecule has 0 aromatic heterocycles. The van der Waals surface area contributed by atoms with Crippen LogP contribution in [-0.4, -0.2) is 21.8 Å². The number of aldehydes is 1.